The second-order valence-electron chi connectivity index (χ2n) is 7.87. The van der Waals surface area contributed by atoms with Gasteiger partial charge in [0.15, 0.2) is 0 Å². The molecule has 0 fully saturated rings. The number of benzene rings is 1. The van der Waals surface area contributed by atoms with Gasteiger partial charge in [0.05, 0.1) is 0 Å². The van der Waals surface area contributed by atoms with Gasteiger partial charge in [0, 0.05) is 12.8 Å². The lowest BCUT2D eigenvalue weighted by Gasteiger charge is -2.11. The fourth-order valence-corrected chi connectivity index (χ4v) is 3.39. The Kier molecular flexibility index (Phi) is 13.9. The number of hydrogen-bond donors (Lipinski definition) is 0. The van der Waals surface area contributed by atoms with E-state index in [-0.39, 0.29) is 11.9 Å². The van der Waals surface area contributed by atoms with Crippen LogP contribution in [0, 0.1) is 5.92 Å². The van der Waals surface area contributed by atoms with Gasteiger partial charge in [-0.25, -0.2) is 0 Å². The van der Waals surface area contributed by atoms with E-state index in [1.165, 1.54) is 38.5 Å². The summed E-state index contributed by atoms with van der Waals surface area (Å²) in [5.41, 5.74) is 0. The predicted molar refractivity (Wildman–Crippen MR) is 118 cm³/mol. The molecule has 0 amide bonds. The molecule has 0 aliphatic heterocycles. The van der Waals surface area contributed by atoms with Crippen LogP contribution >= 0.6 is 0 Å². The smallest absolute Gasteiger partial charge is 0.311 e. The van der Waals surface area contributed by atoms with Crippen LogP contribution in [-0.2, 0) is 9.59 Å². The van der Waals surface area contributed by atoms with Crippen molar-refractivity contribution >= 4 is 11.9 Å². The second-order valence-corrected chi connectivity index (χ2v) is 7.87. The van der Waals surface area contributed by atoms with E-state index in [0.29, 0.717) is 24.3 Å². The van der Waals surface area contributed by atoms with E-state index in [1.807, 2.05) is 0 Å². The molecule has 1 aromatic rings. The van der Waals surface area contributed by atoms with E-state index in [9.17, 15) is 9.59 Å². The van der Waals surface area contributed by atoms with Crippen molar-refractivity contribution in [3.05, 3.63) is 24.3 Å². The van der Waals surface area contributed by atoms with Crippen LogP contribution in [0.3, 0.4) is 0 Å². The summed E-state index contributed by atoms with van der Waals surface area (Å²) < 4.78 is 10.6. The molecule has 1 aromatic carbocycles. The number of hydrogen-bond acceptors (Lipinski definition) is 4. The molecule has 0 radical (unpaired) electrons. The van der Waals surface area contributed by atoms with Gasteiger partial charge in [-0.15, -0.1) is 0 Å². The first-order chi connectivity index (χ1) is 14.1. The molecule has 0 saturated carbocycles. The minimum Gasteiger partial charge on any atom is -0.427 e. The Labute approximate surface area is 177 Å². The van der Waals surface area contributed by atoms with E-state index in [0.717, 1.165) is 38.0 Å². The molecule has 0 N–H and O–H groups in total. The average Bonchev–Trinajstić information content (AvgIpc) is 2.72. The number of esters is 2. The van der Waals surface area contributed by atoms with Crippen LogP contribution in [0.1, 0.15) is 104 Å². The first-order valence-electron chi connectivity index (χ1n) is 11.6. The molecule has 0 bridgehead atoms. The van der Waals surface area contributed by atoms with Gasteiger partial charge < -0.3 is 9.47 Å². The molecule has 4 nitrogen and oxygen atoms in total. The average molecular weight is 405 g/mol. The number of carbonyl (C=O) groups excluding carboxylic acids is 2. The quantitative estimate of drug-likeness (QED) is 0.165. The topological polar surface area (TPSA) is 52.6 Å². The lowest BCUT2D eigenvalue weighted by Crippen LogP contribution is -2.08. The molecule has 0 heterocycles. The van der Waals surface area contributed by atoms with Crippen LogP contribution in [-0.4, -0.2) is 11.9 Å². The summed E-state index contributed by atoms with van der Waals surface area (Å²) in [6.45, 7) is 6.64. The van der Waals surface area contributed by atoms with Crippen molar-refractivity contribution in [1.82, 2.24) is 0 Å². The lowest BCUT2D eigenvalue weighted by atomic mass is 9.96. The predicted octanol–water partition coefficient (Wildman–Crippen LogP) is 7.24. The summed E-state index contributed by atoms with van der Waals surface area (Å²) in [6.07, 6.45) is 13.4. The normalized spacial score (nSPS) is 10.9. The third-order valence-electron chi connectivity index (χ3n) is 5.42. The molecule has 0 aliphatic carbocycles. The maximum absolute atomic E-state index is 12.0. The van der Waals surface area contributed by atoms with Gasteiger partial charge >= 0.3 is 11.9 Å². The molecule has 0 aromatic heterocycles. The Morgan fingerprint density at radius 1 is 0.690 bits per heavy atom. The second kappa shape index (κ2) is 16.0. The summed E-state index contributed by atoms with van der Waals surface area (Å²) in [5.74, 6) is 1.43. The maximum atomic E-state index is 12.0. The van der Waals surface area contributed by atoms with E-state index in [4.69, 9.17) is 9.47 Å². The van der Waals surface area contributed by atoms with E-state index in [1.54, 1.807) is 24.3 Å². The van der Waals surface area contributed by atoms with Crippen LogP contribution in [0.2, 0.25) is 0 Å². The Morgan fingerprint density at radius 3 is 1.62 bits per heavy atom. The zero-order valence-corrected chi connectivity index (χ0v) is 18.7. The number of unbranched alkanes of at least 4 members (excludes halogenated alkanes) is 6. The van der Waals surface area contributed by atoms with Crippen LogP contribution in [0.25, 0.3) is 0 Å². The van der Waals surface area contributed by atoms with Crippen molar-refractivity contribution < 1.29 is 19.1 Å². The summed E-state index contributed by atoms with van der Waals surface area (Å²) in [6, 6.07) is 6.68. The van der Waals surface area contributed by atoms with Crippen molar-refractivity contribution in [3.63, 3.8) is 0 Å². The molecule has 164 valence electrons. The SMILES string of the molecule is CCCCCC(=O)Oc1ccc(OC(=O)CCCCCCCC(CC)CC)cc1. The van der Waals surface area contributed by atoms with E-state index >= 15 is 0 Å². The molecule has 0 saturated heterocycles. The summed E-state index contributed by atoms with van der Waals surface area (Å²) in [4.78, 5) is 23.7. The Morgan fingerprint density at radius 2 is 1.14 bits per heavy atom. The minimum absolute atomic E-state index is 0.202. The monoisotopic (exact) mass is 404 g/mol. The van der Waals surface area contributed by atoms with E-state index < -0.39 is 0 Å². The fraction of sp³-hybridized carbons (Fsp3) is 0.680. The molecule has 1 rings (SSSR count). The zero-order chi connectivity index (χ0) is 21.3. The van der Waals surface area contributed by atoms with Gasteiger partial charge in [-0.1, -0.05) is 78.6 Å². The first kappa shape index (κ1) is 25.2. The highest BCUT2D eigenvalue weighted by Gasteiger charge is 2.08. The lowest BCUT2D eigenvalue weighted by molar-refractivity contribution is -0.135. The molecule has 4 heteroatoms. The zero-order valence-electron chi connectivity index (χ0n) is 18.7. The molecular weight excluding hydrogens is 364 g/mol. The molecule has 0 aliphatic rings. The van der Waals surface area contributed by atoms with Gasteiger partial charge in [0.1, 0.15) is 11.5 Å². The Bertz CT molecular complexity index is 561. The van der Waals surface area contributed by atoms with Crippen molar-refractivity contribution in [2.75, 3.05) is 0 Å². The third-order valence-corrected chi connectivity index (χ3v) is 5.42. The highest BCUT2D eigenvalue weighted by molar-refractivity contribution is 5.73. The van der Waals surface area contributed by atoms with Crippen molar-refractivity contribution in [2.45, 2.75) is 104 Å². The van der Waals surface area contributed by atoms with Crippen molar-refractivity contribution in [3.8, 4) is 11.5 Å². The summed E-state index contributed by atoms with van der Waals surface area (Å²) in [5, 5.41) is 0. The van der Waals surface area contributed by atoms with Crippen molar-refractivity contribution in [2.24, 2.45) is 5.92 Å². The van der Waals surface area contributed by atoms with Gasteiger partial charge in [0.2, 0.25) is 0 Å². The van der Waals surface area contributed by atoms with Crippen molar-refractivity contribution in [1.29, 1.82) is 0 Å². The largest absolute Gasteiger partial charge is 0.427 e. The van der Waals surface area contributed by atoms with E-state index in [2.05, 4.69) is 20.8 Å². The fourth-order valence-electron chi connectivity index (χ4n) is 3.39. The maximum Gasteiger partial charge on any atom is 0.311 e. The van der Waals surface area contributed by atoms with Gasteiger partial charge in [-0.05, 0) is 43.0 Å². The standard InChI is InChI=1S/C25H40O4/c1-4-7-11-15-24(26)28-22-17-19-23(20-18-22)29-25(27)16-13-10-8-9-12-14-21(5-2)6-3/h17-21H,4-16H2,1-3H3. The van der Waals surface area contributed by atoms with Gasteiger partial charge in [-0.2, -0.15) is 0 Å². The van der Waals surface area contributed by atoms with Gasteiger partial charge in [0.25, 0.3) is 0 Å². The van der Waals surface area contributed by atoms with Crippen LogP contribution in [0.4, 0.5) is 0 Å². The highest BCUT2D eigenvalue weighted by atomic mass is 16.5. The van der Waals surface area contributed by atoms with Crippen LogP contribution in [0.5, 0.6) is 11.5 Å². The number of ether oxygens (including phenoxy) is 2. The molecule has 0 unspecified atom stereocenters. The number of rotatable bonds is 16. The third kappa shape index (κ3) is 12.4. The number of carbonyl (C=O) groups is 2. The molecular formula is C25H40O4. The minimum atomic E-state index is -0.219. The van der Waals surface area contributed by atoms with Crippen LogP contribution in [0.15, 0.2) is 24.3 Å². The highest BCUT2D eigenvalue weighted by Crippen LogP contribution is 2.20. The van der Waals surface area contributed by atoms with Crippen LogP contribution < -0.4 is 9.47 Å². The summed E-state index contributed by atoms with van der Waals surface area (Å²) in [7, 11) is 0. The molecule has 29 heavy (non-hydrogen) atoms. The first-order valence-corrected chi connectivity index (χ1v) is 11.6. The molecule has 0 atom stereocenters. The molecule has 0 spiro atoms. The summed E-state index contributed by atoms with van der Waals surface area (Å²) >= 11 is 0. The Hall–Kier alpha value is -1.84. The Balaban J connectivity index is 2.15. The van der Waals surface area contributed by atoms with Gasteiger partial charge in [-0.3, -0.25) is 9.59 Å².